The van der Waals surface area contributed by atoms with Gasteiger partial charge in [0.25, 0.3) is 0 Å². The number of fused-ring (bicyclic) bond motifs is 6. The number of rotatable bonds is 6. The van der Waals surface area contributed by atoms with Crippen molar-refractivity contribution < 1.29 is 0 Å². The molecule has 0 N–H and O–H groups in total. The molecule has 1 aliphatic rings. The minimum Gasteiger partial charge on any atom is -0.310 e. The molecular weight excluding hydrogens is 697 g/mol. The van der Waals surface area contributed by atoms with E-state index in [1.807, 2.05) is 42.5 Å². The number of aromatic nitrogens is 6. The SMILES string of the molecule is CC1(c2ccc3c(c2)c2ccccc2n3-c2ccc(-c3nc(-c4ccccc4)nc(-c4cccnc4)n3)cc2)C=c2c(n(-c3ccccc3)c3ccccc23)=CC1. The van der Waals surface area contributed by atoms with Gasteiger partial charge in [0.2, 0.25) is 0 Å². The lowest BCUT2D eigenvalue weighted by Gasteiger charge is -2.27. The van der Waals surface area contributed by atoms with Crippen LogP contribution < -0.4 is 10.6 Å². The van der Waals surface area contributed by atoms with Crippen molar-refractivity contribution in [3.8, 4) is 45.5 Å². The smallest absolute Gasteiger partial charge is 0.165 e. The quantitative estimate of drug-likeness (QED) is 0.171. The summed E-state index contributed by atoms with van der Waals surface area (Å²) in [5.41, 5.74) is 9.64. The molecule has 0 saturated carbocycles. The zero-order chi connectivity index (χ0) is 37.9. The summed E-state index contributed by atoms with van der Waals surface area (Å²) in [6.07, 6.45) is 9.39. The third kappa shape index (κ3) is 5.48. The van der Waals surface area contributed by atoms with Gasteiger partial charge in [-0.05, 0) is 84.8 Å². The number of nitrogens with zero attached hydrogens (tertiary/aromatic N) is 6. The van der Waals surface area contributed by atoms with Gasteiger partial charge in [0.15, 0.2) is 17.5 Å². The van der Waals surface area contributed by atoms with Crippen molar-refractivity contribution in [1.29, 1.82) is 0 Å². The highest BCUT2D eigenvalue weighted by Crippen LogP contribution is 2.38. The number of para-hydroxylation sites is 3. The van der Waals surface area contributed by atoms with Crippen molar-refractivity contribution in [3.05, 3.63) is 192 Å². The highest BCUT2D eigenvalue weighted by atomic mass is 15.0. The van der Waals surface area contributed by atoms with Gasteiger partial charge in [-0.2, -0.15) is 0 Å². The Bertz CT molecular complexity index is 3200. The summed E-state index contributed by atoms with van der Waals surface area (Å²) in [6.45, 7) is 2.38. The molecule has 6 aromatic carbocycles. The zero-order valence-electron chi connectivity index (χ0n) is 31.3. The molecule has 0 aliphatic heterocycles. The molecule has 0 saturated heterocycles. The molecule has 1 unspecified atom stereocenters. The van der Waals surface area contributed by atoms with Gasteiger partial charge in [-0.3, -0.25) is 4.98 Å². The van der Waals surface area contributed by atoms with E-state index in [2.05, 4.69) is 155 Å². The van der Waals surface area contributed by atoms with Gasteiger partial charge in [0.05, 0.1) is 16.6 Å². The lowest BCUT2D eigenvalue weighted by Crippen LogP contribution is -2.36. The monoisotopic (exact) mass is 732 g/mol. The van der Waals surface area contributed by atoms with Crippen molar-refractivity contribution in [3.63, 3.8) is 0 Å². The van der Waals surface area contributed by atoms with E-state index in [4.69, 9.17) is 15.0 Å². The second-order valence-corrected chi connectivity index (χ2v) is 15.0. The summed E-state index contributed by atoms with van der Waals surface area (Å²) in [6, 6.07) is 57.7. The van der Waals surface area contributed by atoms with Crippen molar-refractivity contribution in [2.75, 3.05) is 0 Å². The van der Waals surface area contributed by atoms with Gasteiger partial charge in [0.1, 0.15) is 0 Å². The normalized spacial score (nSPS) is 15.0. The molecule has 10 aromatic rings. The molecule has 4 aromatic heterocycles. The van der Waals surface area contributed by atoms with E-state index in [0.717, 1.165) is 28.8 Å². The van der Waals surface area contributed by atoms with E-state index in [-0.39, 0.29) is 5.41 Å². The predicted molar refractivity (Wildman–Crippen MR) is 232 cm³/mol. The second kappa shape index (κ2) is 13.1. The first-order valence-electron chi connectivity index (χ1n) is 19.4. The van der Waals surface area contributed by atoms with Gasteiger partial charge in [-0.1, -0.05) is 110 Å². The maximum atomic E-state index is 4.94. The topological polar surface area (TPSA) is 61.4 Å². The molecule has 0 bridgehead atoms. The molecule has 57 heavy (non-hydrogen) atoms. The summed E-state index contributed by atoms with van der Waals surface area (Å²) >= 11 is 0. The molecule has 11 rings (SSSR count). The van der Waals surface area contributed by atoms with Crippen molar-refractivity contribution in [2.24, 2.45) is 0 Å². The van der Waals surface area contributed by atoms with Crippen LogP contribution in [0, 0.1) is 0 Å². The first kappa shape index (κ1) is 32.9. The molecule has 6 heteroatoms. The van der Waals surface area contributed by atoms with E-state index in [0.29, 0.717) is 17.5 Å². The van der Waals surface area contributed by atoms with Gasteiger partial charge in [-0.25, -0.2) is 15.0 Å². The van der Waals surface area contributed by atoms with Crippen LogP contribution in [-0.2, 0) is 5.41 Å². The van der Waals surface area contributed by atoms with Crippen LogP contribution in [0.25, 0.3) is 90.4 Å². The Morgan fingerprint density at radius 3 is 1.79 bits per heavy atom. The lowest BCUT2D eigenvalue weighted by atomic mass is 9.76. The first-order chi connectivity index (χ1) is 28.1. The van der Waals surface area contributed by atoms with E-state index in [1.54, 1.807) is 12.4 Å². The molecule has 6 nitrogen and oxygen atoms in total. The van der Waals surface area contributed by atoms with E-state index < -0.39 is 0 Å². The first-order valence-corrected chi connectivity index (χ1v) is 19.4. The summed E-state index contributed by atoms with van der Waals surface area (Å²) in [5, 5.41) is 6.32. The molecule has 0 amide bonds. The zero-order valence-corrected chi connectivity index (χ0v) is 31.3. The van der Waals surface area contributed by atoms with Crippen molar-refractivity contribution >= 4 is 44.9 Å². The Morgan fingerprint density at radius 2 is 1.07 bits per heavy atom. The van der Waals surface area contributed by atoms with Crippen LogP contribution in [0.15, 0.2) is 176 Å². The summed E-state index contributed by atoms with van der Waals surface area (Å²) in [5.74, 6) is 1.83. The Kier molecular flexibility index (Phi) is 7.57. The maximum Gasteiger partial charge on any atom is 0.165 e. The summed E-state index contributed by atoms with van der Waals surface area (Å²) in [4.78, 5) is 19.0. The van der Waals surface area contributed by atoms with Crippen molar-refractivity contribution in [2.45, 2.75) is 18.8 Å². The van der Waals surface area contributed by atoms with Crippen LogP contribution in [0.5, 0.6) is 0 Å². The van der Waals surface area contributed by atoms with Crippen LogP contribution in [0.4, 0.5) is 0 Å². The minimum atomic E-state index is -0.185. The molecule has 0 fully saturated rings. The van der Waals surface area contributed by atoms with Gasteiger partial charge in [-0.15, -0.1) is 0 Å². The molecule has 0 radical (unpaired) electrons. The van der Waals surface area contributed by atoms with Crippen LogP contribution in [0.1, 0.15) is 18.9 Å². The number of benzene rings is 6. The molecule has 1 atom stereocenters. The van der Waals surface area contributed by atoms with Gasteiger partial charge in [0, 0.05) is 72.6 Å². The highest BCUT2D eigenvalue weighted by molar-refractivity contribution is 6.09. The second-order valence-electron chi connectivity index (χ2n) is 15.0. The summed E-state index contributed by atoms with van der Waals surface area (Å²) in [7, 11) is 0. The van der Waals surface area contributed by atoms with Crippen LogP contribution in [0.2, 0.25) is 0 Å². The third-order valence-electron chi connectivity index (χ3n) is 11.5. The average Bonchev–Trinajstić information content (AvgIpc) is 3.79. The Morgan fingerprint density at radius 1 is 0.491 bits per heavy atom. The number of hydrogen-bond donors (Lipinski definition) is 0. The number of hydrogen-bond acceptors (Lipinski definition) is 4. The van der Waals surface area contributed by atoms with Gasteiger partial charge < -0.3 is 9.13 Å². The standard InChI is InChI=1S/C51H36N6/c1-51(29-28-47-43(32-51)41-19-9-11-21-45(41)56(47)38-16-6-3-7-17-38)37-24-27-46-42(31-37)40-18-8-10-20-44(40)57(46)39-25-22-35(23-26-39)49-53-48(34-13-4-2-5-14-34)54-50(55-49)36-15-12-30-52-33-36/h2-28,30-33H,29H2,1H3. The fourth-order valence-electron chi connectivity index (χ4n) is 8.59. The fraction of sp³-hybridized carbons (Fsp3) is 0.0588. The molecule has 4 heterocycles. The summed E-state index contributed by atoms with van der Waals surface area (Å²) < 4.78 is 4.78. The predicted octanol–water partition coefficient (Wildman–Crippen LogP) is 10.2. The molecule has 1 aliphatic carbocycles. The Labute approximate surface area is 329 Å². The minimum absolute atomic E-state index is 0.185. The molecule has 270 valence electrons. The van der Waals surface area contributed by atoms with E-state index in [9.17, 15) is 0 Å². The molecule has 0 spiro atoms. The van der Waals surface area contributed by atoms with Crippen LogP contribution >= 0.6 is 0 Å². The third-order valence-corrected chi connectivity index (χ3v) is 11.5. The van der Waals surface area contributed by atoms with Crippen LogP contribution in [-0.4, -0.2) is 29.1 Å². The van der Waals surface area contributed by atoms with Crippen LogP contribution in [0.3, 0.4) is 0 Å². The average molecular weight is 733 g/mol. The Balaban J connectivity index is 1.01. The van der Waals surface area contributed by atoms with E-state index >= 15 is 0 Å². The Hall–Kier alpha value is -7.44. The van der Waals surface area contributed by atoms with Crippen molar-refractivity contribution in [1.82, 2.24) is 29.1 Å². The highest BCUT2D eigenvalue weighted by Gasteiger charge is 2.28. The number of pyridine rings is 1. The largest absolute Gasteiger partial charge is 0.310 e. The molecular formula is C51H36N6. The lowest BCUT2D eigenvalue weighted by molar-refractivity contribution is 0.652. The fourth-order valence-corrected chi connectivity index (χ4v) is 8.59. The van der Waals surface area contributed by atoms with E-state index in [1.165, 1.54) is 54.5 Å². The van der Waals surface area contributed by atoms with Gasteiger partial charge >= 0.3 is 0 Å². The maximum absolute atomic E-state index is 4.94.